The van der Waals surface area contributed by atoms with Crippen LogP contribution < -0.4 is 10.2 Å². The second-order valence-electron chi connectivity index (χ2n) is 7.40. The molecule has 1 atom stereocenters. The van der Waals surface area contributed by atoms with Gasteiger partial charge in [-0.05, 0) is 30.9 Å². The highest BCUT2D eigenvalue weighted by molar-refractivity contribution is 6.00. The number of aliphatic hydroxyl groups is 1. The fourth-order valence-electron chi connectivity index (χ4n) is 3.94. The van der Waals surface area contributed by atoms with Crippen molar-refractivity contribution < 1.29 is 14.6 Å². The van der Waals surface area contributed by atoms with E-state index in [1.54, 1.807) is 10.9 Å². The summed E-state index contributed by atoms with van der Waals surface area (Å²) in [6.45, 7) is 2.92. The zero-order valence-corrected chi connectivity index (χ0v) is 15.5. The molecule has 1 amide bonds. The number of aliphatic hydroxyl groups excluding tert-OH is 1. The summed E-state index contributed by atoms with van der Waals surface area (Å²) in [6, 6.07) is 7.57. The third-order valence-electron chi connectivity index (χ3n) is 5.49. The van der Waals surface area contributed by atoms with Gasteiger partial charge in [-0.2, -0.15) is 5.10 Å². The van der Waals surface area contributed by atoms with Gasteiger partial charge >= 0.3 is 0 Å². The van der Waals surface area contributed by atoms with Gasteiger partial charge in [-0.3, -0.25) is 9.48 Å². The zero-order valence-electron chi connectivity index (χ0n) is 15.5. The number of hydrogen-bond donors (Lipinski definition) is 2. The summed E-state index contributed by atoms with van der Waals surface area (Å²) in [5.74, 6) is 0.135. The fourth-order valence-corrected chi connectivity index (χ4v) is 3.94. The summed E-state index contributed by atoms with van der Waals surface area (Å²) < 4.78 is 7.18. The van der Waals surface area contributed by atoms with Gasteiger partial charge in [0.05, 0.1) is 37.1 Å². The summed E-state index contributed by atoms with van der Waals surface area (Å²) >= 11 is 0. The van der Waals surface area contributed by atoms with Crippen molar-refractivity contribution in [1.82, 2.24) is 15.1 Å². The van der Waals surface area contributed by atoms with Crippen LogP contribution in [0.15, 0.2) is 36.7 Å². The highest BCUT2D eigenvalue weighted by Gasteiger charge is 2.36. The van der Waals surface area contributed by atoms with Crippen molar-refractivity contribution in [2.45, 2.75) is 25.0 Å². The molecule has 0 bridgehead atoms. The first-order valence-corrected chi connectivity index (χ1v) is 9.51. The molecule has 1 aliphatic heterocycles. The molecule has 7 heteroatoms. The molecule has 1 aliphatic carbocycles. The lowest BCUT2D eigenvalue weighted by Gasteiger charge is -2.38. The van der Waals surface area contributed by atoms with Crippen LogP contribution in [0.4, 0.5) is 5.69 Å². The first-order chi connectivity index (χ1) is 13.1. The molecule has 0 unspecified atom stereocenters. The van der Waals surface area contributed by atoms with E-state index >= 15 is 0 Å². The molecule has 2 N–H and O–H groups in total. The number of aromatic nitrogens is 2. The summed E-state index contributed by atoms with van der Waals surface area (Å²) in [7, 11) is 1.87. The molecule has 144 valence electrons. The molecule has 0 radical (unpaired) electrons. The van der Waals surface area contributed by atoms with Crippen molar-refractivity contribution in [3.05, 3.63) is 47.8 Å². The van der Waals surface area contributed by atoms with Crippen molar-refractivity contribution in [2.75, 3.05) is 31.2 Å². The Morgan fingerprint density at radius 3 is 2.70 bits per heavy atom. The minimum absolute atomic E-state index is 0.0904. The molecule has 1 aromatic heterocycles. The van der Waals surface area contributed by atoms with Crippen LogP contribution in [0, 0.1) is 5.92 Å². The summed E-state index contributed by atoms with van der Waals surface area (Å²) in [4.78, 5) is 15.4. The Bertz CT molecular complexity index is 794. The quantitative estimate of drug-likeness (QED) is 0.834. The number of carbonyl (C=O) groups is 1. The number of carbonyl (C=O) groups excluding carboxylic acids is 1. The van der Waals surface area contributed by atoms with Crippen molar-refractivity contribution >= 4 is 11.6 Å². The van der Waals surface area contributed by atoms with Crippen molar-refractivity contribution in [3.8, 4) is 0 Å². The van der Waals surface area contributed by atoms with Crippen LogP contribution in [-0.4, -0.2) is 53.2 Å². The van der Waals surface area contributed by atoms with Crippen LogP contribution in [0.3, 0.4) is 0 Å². The van der Waals surface area contributed by atoms with E-state index in [0.29, 0.717) is 31.6 Å². The number of morpholine rings is 1. The van der Waals surface area contributed by atoms with Crippen LogP contribution in [-0.2, 0) is 11.8 Å². The van der Waals surface area contributed by atoms with E-state index < -0.39 is 0 Å². The van der Waals surface area contributed by atoms with E-state index in [1.807, 2.05) is 37.5 Å². The van der Waals surface area contributed by atoms with Crippen LogP contribution >= 0.6 is 0 Å². The molecule has 7 nitrogen and oxygen atoms in total. The number of nitrogens with zero attached hydrogens (tertiary/aromatic N) is 3. The van der Waals surface area contributed by atoms with E-state index in [1.165, 1.54) is 0 Å². The standard InChI is InChI=1S/C20H26N4O3/c1-23-13-15(12-21-23)19(14-10-16(25)11-14)22-20(26)17-4-2-3-5-18(17)24-6-8-27-9-7-24/h2-5,12-14,16,19,25H,6-11H2,1H3,(H,22,26)/t14?,16?,19-/m0/s1. The zero-order chi connectivity index (χ0) is 18.8. The van der Waals surface area contributed by atoms with Crippen LogP contribution in [0.25, 0.3) is 0 Å². The number of benzene rings is 1. The lowest BCUT2D eigenvalue weighted by molar-refractivity contribution is 0.0235. The van der Waals surface area contributed by atoms with E-state index in [9.17, 15) is 9.90 Å². The molecular weight excluding hydrogens is 344 g/mol. The average Bonchev–Trinajstić information content (AvgIpc) is 3.10. The van der Waals surface area contributed by atoms with Gasteiger partial charge in [-0.15, -0.1) is 0 Å². The molecule has 2 heterocycles. The highest BCUT2D eigenvalue weighted by atomic mass is 16.5. The van der Waals surface area contributed by atoms with Crippen molar-refractivity contribution in [2.24, 2.45) is 13.0 Å². The van der Waals surface area contributed by atoms with Gasteiger partial charge in [-0.25, -0.2) is 0 Å². The molecule has 1 saturated heterocycles. The van der Waals surface area contributed by atoms with E-state index in [-0.39, 0.29) is 24.0 Å². The number of ether oxygens (including phenoxy) is 1. The predicted molar refractivity (Wildman–Crippen MR) is 102 cm³/mol. The number of nitrogens with one attached hydrogen (secondary N) is 1. The second-order valence-corrected chi connectivity index (χ2v) is 7.40. The molecule has 0 spiro atoms. The highest BCUT2D eigenvalue weighted by Crippen LogP contribution is 2.38. The van der Waals surface area contributed by atoms with Gasteiger partial charge in [0, 0.05) is 37.6 Å². The van der Waals surface area contributed by atoms with Gasteiger partial charge in [0.2, 0.25) is 0 Å². The Hall–Kier alpha value is -2.38. The normalized spacial score (nSPS) is 23.6. The maximum atomic E-state index is 13.2. The minimum Gasteiger partial charge on any atom is -0.393 e. The molecule has 2 aliphatic rings. The number of rotatable bonds is 5. The summed E-state index contributed by atoms with van der Waals surface area (Å²) in [5, 5.41) is 17.2. The number of amides is 1. The van der Waals surface area contributed by atoms with Gasteiger partial charge < -0.3 is 20.1 Å². The first kappa shape index (κ1) is 18.0. The Morgan fingerprint density at radius 1 is 1.30 bits per heavy atom. The van der Waals surface area contributed by atoms with Gasteiger partial charge in [0.25, 0.3) is 5.91 Å². The largest absolute Gasteiger partial charge is 0.393 e. The lowest BCUT2D eigenvalue weighted by atomic mass is 9.75. The van der Waals surface area contributed by atoms with Crippen molar-refractivity contribution in [1.29, 1.82) is 0 Å². The van der Waals surface area contributed by atoms with Gasteiger partial charge in [0.15, 0.2) is 0 Å². The van der Waals surface area contributed by atoms with Gasteiger partial charge in [0.1, 0.15) is 0 Å². The minimum atomic E-state index is -0.272. The molecular formula is C20H26N4O3. The lowest BCUT2D eigenvalue weighted by Crippen LogP contribution is -2.42. The topological polar surface area (TPSA) is 79.6 Å². The SMILES string of the molecule is Cn1cc([C@@H](NC(=O)c2ccccc2N2CCOCC2)C2CC(O)C2)cn1. The molecule has 4 rings (SSSR count). The first-order valence-electron chi connectivity index (χ1n) is 9.51. The maximum Gasteiger partial charge on any atom is 0.253 e. The predicted octanol–water partition coefficient (Wildman–Crippen LogP) is 1.50. The number of hydrogen-bond acceptors (Lipinski definition) is 5. The Balaban J connectivity index is 1.56. The van der Waals surface area contributed by atoms with Crippen LogP contribution in [0.2, 0.25) is 0 Å². The Kier molecular flexibility index (Phi) is 5.13. The van der Waals surface area contributed by atoms with E-state index in [2.05, 4.69) is 15.3 Å². The molecule has 2 aromatic rings. The van der Waals surface area contributed by atoms with Gasteiger partial charge in [-0.1, -0.05) is 12.1 Å². The summed E-state index contributed by atoms with van der Waals surface area (Å²) in [6.07, 6.45) is 4.86. The van der Waals surface area contributed by atoms with E-state index in [0.717, 1.165) is 24.3 Å². The molecule has 1 saturated carbocycles. The maximum absolute atomic E-state index is 13.2. The number of anilines is 1. The second kappa shape index (κ2) is 7.70. The van der Waals surface area contributed by atoms with Crippen LogP contribution in [0.5, 0.6) is 0 Å². The third kappa shape index (κ3) is 3.84. The van der Waals surface area contributed by atoms with Crippen molar-refractivity contribution in [3.63, 3.8) is 0 Å². The number of para-hydroxylation sites is 1. The molecule has 2 fully saturated rings. The average molecular weight is 370 g/mol. The Labute approximate surface area is 158 Å². The number of aryl methyl sites for hydroxylation is 1. The molecule has 27 heavy (non-hydrogen) atoms. The van der Waals surface area contributed by atoms with Crippen LogP contribution in [0.1, 0.15) is 34.8 Å². The molecule has 1 aromatic carbocycles. The summed E-state index contributed by atoms with van der Waals surface area (Å²) in [5.41, 5.74) is 2.59. The Morgan fingerprint density at radius 2 is 2.04 bits per heavy atom. The fraction of sp³-hybridized carbons (Fsp3) is 0.500. The van der Waals surface area contributed by atoms with E-state index in [4.69, 9.17) is 4.74 Å². The smallest absolute Gasteiger partial charge is 0.253 e. The third-order valence-corrected chi connectivity index (χ3v) is 5.49. The monoisotopic (exact) mass is 370 g/mol.